The second-order valence-electron chi connectivity index (χ2n) is 5.51. The molecular weight excluding hydrogens is 228 g/mol. The number of ether oxygens (including phenoxy) is 1. The average molecular weight is 250 g/mol. The lowest BCUT2D eigenvalue weighted by Gasteiger charge is -2.38. The molecule has 0 radical (unpaired) electrons. The van der Waals surface area contributed by atoms with Gasteiger partial charge in [0.25, 0.3) is 0 Å². The van der Waals surface area contributed by atoms with Crippen LogP contribution in [0.4, 0.5) is 0 Å². The van der Waals surface area contributed by atoms with E-state index in [2.05, 4.69) is 6.07 Å². The van der Waals surface area contributed by atoms with E-state index < -0.39 is 5.41 Å². The van der Waals surface area contributed by atoms with Crippen LogP contribution in [-0.4, -0.2) is 37.1 Å². The van der Waals surface area contributed by atoms with Gasteiger partial charge in [-0.1, -0.05) is 19.3 Å². The van der Waals surface area contributed by atoms with E-state index in [1.807, 2.05) is 11.9 Å². The fraction of sp³-hybridized carbons (Fsp3) is 0.857. The van der Waals surface area contributed by atoms with Crippen molar-refractivity contribution >= 4 is 5.91 Å². The molecule has 1 heterocycles. The first kappa shape index (κ1) is 13.4. The normalized spacial score (nSPS) is 24.2. The summed E-state index contributed by atoms with van der Waals surface area (Å²) in [5.41, 5.74) is -0.745. The van der Waals surface area contributed by atoms with Crippen molar-refractivity contribution in [1.82, 2.24) is 4.90 Å². The van der Waals surface area contributed by atoms with E-state index in [0.29, 0.717) is 0 Å². The third-order valence-corrected chi connectivity index (χ3v) is 4.39. The molecule has 0 N–H and O–H groups in total. The first-order valence-corrected chi connectivity index (χ1v) is 6.96. The smallest absolute Gasteiger partial charge is 0.243 e. The Labute approximate surface area is 109 Å². The number of nitrogens with zero attached hydrogens (tertiary/aromatic N) is 2. The van der Waals surface area contributed by atoms with Crippen molar-refractivity contribution in [2.45, 2.75) is 51.0 Å². The third kappa shape index (κ3) is 2.51. The lowest BCUT2D eigenvalue weighted by molar-refractivity contribution is -0.143. The Morgan fingerprint density at radius 1 is 1.28 bits per heavy atom. The topological polar surface area (TPSA) is 53.3 Å². The van der Waals surface area contributed by atoms with Crippen LogP contribution in [0.5, 0.6) is 0 Å². The number of nitriles is 1. The Morgan fingerprint density at radius 3 is 2.44 bits per heavy atom. The zero-order chi connectivity index (χ0) is 13.0. The van der Waals surface area contributed by atoms with E-state index in [1.54, 1.807) is 0 Å². The van der Waals surface area contributed by atoms with E-state index in [1.165, 1.54) is 0 Å². The van der Waals surface area contributed by atoms with Gasteiger partial charge in [-0.2, -0.15) is 5.26 Å². The molecule has 0 aromatic rings. The van der Waals surface area contributed by atoms with Gasteiger partial charge in [0.2, 0.25) is 5.91 Å². The van der Waals surface area contributed by atoms with Crippen LogP contribution < -0.4 is 0 Å². The lowest BCUT2D eigenvalue weighted by atomic mass is 9.74. The zero-order valence-corrected chi connectivity index (χ0v) is 11.2. The highest BCUT2D eigenvalue weighted by molar-refractivity contribution is 5.85. The van der Waals surface area contributed by atoms with Crippen LogP contribution in [0, 0.1) is 16.7 Å². The molecular formula is C14H22N2O2. The van der Waals surface area contributed by atoms with E-state index in [9.17, 15) is 10.1 Å². The summed E-state index contributed by atoms with van der Waals surface area (Å²) in [4.78, 5) is 14.4. The Bertz CT molecular complexity index is 336. The first-order chi connectivity index (χ1) is 8.69. The summed E-state index contributed by atoms with van der Waals surface area (Å²) >= 11 is 0. The summed E-state index contributed by atoms with van der Waals surface area (Å²) in [5.74, 6) is 0.0385. The molecule has 1 amide bonds. The molecule has 1 saturated heterocycles. The van der Waals surface area contributed by atoms with E-state index in [0.717, 1.165) is 58.2 Å². The van der Waals surface area contributed by atoms with Crippen molar-refractivity contribution in [2.24, 2.45) is 5.41 Å². The molecule has 0 unspecified atom stereocenters. The van der Waals surface area contributed by atoms with Gasteiger partial charge in [0.15, 0.2) is 0 Å². The van der Waals surface area contributed by atoms with Gasteiger partial charge in [0, 0.05) is 26.3 Å². The molecule has 0 atom stereocenters. The van der Waals surface area contributed by atoms with Crippen molar-refractivity contribution in [1.29, 1.82) is 5.26 Å². The fourth-order valence-corrected chi connectivity index (χ4v) is 3.10. The molecule has 1 saturated carbocycles. The number of carbonyl (C=O) groups excluding carboxylic acids is 1. The Morgan fingerprint density at radius 2 is 1.89 bits per heavy atom. The summed E-state index contributed by atoms with van der Waals surface area (Å²) in [6.45, 7) is 1.45. The summed E-state index contributed by atoms with van der Waals surface area (Å²) in [7, 11) is 1.85. The number of rotatable bonds is 2. The minimum atomic E-state index is -0.745. The largest absolute Gasteiger partial charge is 0.381 e. The van der Waals surface area contributed by atoms with Crippen LogP contribution in [0.15, 0.2) is 0 Å². The molecule has 4 nitrogen and oxygen atoms in total. The van der Waals surface area contributed by atoms with Gasteiger partial charge in [-0.3, -0.25) is 4.79 Å². The van der Waals surface area contributed by atoms with Crippen LogP contribution in [0.1, 0.15) is 44.9 Å². The van der Waals surface area contributed by atoms with Gasteiger partial charge in [0.05, 0.1) is 6.07 Å². The number of carbonyl (C=O) groups is 1. The van der Waals surface area contributed by atoms with E-state index >= 15 is 0 Å². The van der Waals surface area contributed by atoms with E-state index in [4.69, 9.17) is 4.74 Å². The maximum atomic E-state index is 12.6. The molecule has 1 aliphatic heterocycles. The molecule has 18 heavy (non-hydrogen) atoms. The molecule has 100 valence electrons. The van der Waals surface area contributed by atoms with Crippen LogP contribution in [-0.2, 0) is 9.53 Å². The van der Waals surface area contributed by atoms with Gasteiger partial charge in [-0.15, -0.1) is 0 Å². The molecule has 0 bridgehead atoms. The van der Waals surface area contributed by atoms with Crippen molar-refractivity contribution in [3.8, 4) is 6.07 Å². The van der Waals surface area contributed by atoms with Crippen molar-refractivity contribution in [3.05, 3.63) is 0 Å². The lowest BCUT2D eigenvalue weighted by Crippen LogP contribution is -2.48. The zero-order valence-electron chi connectivity index (χ0n) is 11.2. The molecule has 2 rings (SSSR count). The van der Waals surface area contributed by atoms with Crippen LogP contribution in [0.2, 0.25) is 0 Å². The number of hydrogen-bond acceptors (Lipinski definition) is 3. The van der Waals surface area contributed by atoms with Gasteiger partial charge in [-0.25, -0.2) is 0 Å². The van der Waals surface area contributed by atoms with Crippen molar-refractivity contribution < 1.29 is 9.53 Å². The quantitative estimate of drug-likeness (QED) is 0.754. The molecule has 0 spiro atoms. The number of amides is 1. The molecule has 2 aliphatic rings. The molecule has 2 fully saturated rings. The van der Waals surface area contributed by atoms with Gasteiger partial charge >= 0.3 is 0 Å². The summed E-state index contributed by atoms with van der Waals surface area (Å²) in [6, 6.07) is 2.56. The SMILES string of the molecule is CN(C(=O)C1(C#N)CCCCC1)C1CCOCC1. The minimum Gasteiger partial charge on any atom is -0.381 e. The third-order valence-electron chi connectivity index (χ3n) is 4.39. The van der Waals surface area contributed by atoms with Gasteiger partial charge in [-0.05, 0) is 25.7 Å². The standard InChI is InChI=1S/C14H22N2O2/c1-16(12-5-9-18-10-6-12)13(17)14(11-15)7-3-2-4-8-14/h12H,2-10H2,1H3. The van der Waals surface area contributed by atoms with Crippen LogP contribution in [0.25, 0.3) is 0 Å². The monoisotopic (exact) mass is 250 g/mol. The number of hydrogen-bond donors (Lipinski definition) is 0. The van der Waals surface area contributed by atoms with Gasteiger partial charge in [0.1, 0.15) is 5.41 Å². The predicted molar refractivity (Wildman–Crippen MR) is 67.7 cm³/mol. The first-order valence-electron chi connectivity index (χ1n) is 6.96. The summed E-state index contributed by atoms with van der Waals surface area (Å²) < 4.78 is 5.32. The second kappa shape index (κ2) is 5.71. The van der Waals surface area contributed by atoms with Gasteiger partial charge < -0.3 is 9.64 Å². The molecule has 0 aromatic heterocycles. The molecule has 0 aromatic carbocycles. The fourth-order valence-electron chi connectivity index (χ4n) is 3.10. The van der Waals surface area contributed by atoms with Crippen LogP contribution >= 0.6 is 0 Å². The molecule has 1 aliphatic carbocycles. The maximum absolute atomic E-state index is 12.6. The average Bonchev–Trinajstić information content (AvgIpc) is 2.47. The van der Waals surface area contributed by atoms with Crippen molar-refractivity contribution in [2.75, 3.05) is 20.3 Å². The molecule has 4 heteroatoms. The second-order valence-corrected chi connectivity index (χ2v) is 5.51. The highest BCUT2D eigenvalue weighted by atomic mass is 16.5. The Hall–Kier alpha value is -1.08. The maximum Gasteiger partial charge on any atom is 0.243 e. The Kier molecular flexibility index (Phi) is 4.23. The van der Waals surface area contributed by atoms with Crippen LogP contribution in [0.3, 0.4) is 0 Å². The highest BCUT2D eigenvalue weighted by Crippen LogP contribution is 2.38. The van der Waals surface area contributed by atoms with E-state index in [-0.39, 0.29) is 11.9 Å². The minimum absolute atomic E-state index is 0.0385. The Balaban J connectivity index is 2.06. The highest BCUT2D eigenvalue weighted by Gasteiger charge is 2.43. The predicted octanol–water partition coefficient (Wildman–Crippen LogP) is 2.10. The van der Waals surface area contributed by atoms with Crippen molar-refractivity contribution in [3.63, 3.8) is 0 Å². The summed E-state index contributed by atoms with van der Waals surface area (Å²) in [5, 5.41) is 9.44. The summed E-state index contributed by atoms with van der Waals surface area (Å²) in [6.07, 6.45) is 6.40.